The lowest BCUT2D eigenvalue weighted by atomic mass is 10.2. The molecule has 1 aromatic carbocycles. The molecule has 22 heavy (non-hydrogen) atoms. The van der Waals surface area contributed by atoms with Crippen LogP contribution in [0.1, 0.15) is 5.56 Å². The van der Waals surface area contributed by atoms with Crippen LogP contribution in [0, 0.1) is 6.92 Å². The van der Waals surface area contributed by atoms with Crippen molar-refractivity contribution in [3.63, 3.8) is 0 Å². The van der Waals surface area contributed by atoms with E-state index in [1.54, 1.807) is 25.1 Å². The van der Waals surface area contributed by atoms with Crippen LogP contribution in [0.2, 0.25) is 5.02 Å². The Hall–Kier alpha value is -1.63. The molecule has 7 heteroatoms. The van der Waals surface area contributed by atoms with Crippen molar-refractivity contribution in [1.29, 1.82) is 0 Å². The van der Waals surface area contributed by atoms with E-state index in [2.05, 4.69) is 5.32 Å². The summed E-state index contributed by atoms with van der Waals surface area (Å²) in [6.45, 7) is 3.11. The molecule has 0 aliphatic heterocycles. The maximum Gasteiger partial charge on any atom is 0.313 e. The summed E-state index contributed by atoms with van der Waals surface area (Å²) in [6, 6.07) is 5.13. The van der Waals surface area contributed by atoms with Crippen molar-refractivity contribution in [2.45, 2.75) is 6.92 Å². The Morgan fingerprint density at radius 1 is 1.18 bits per heavy atom. The molecule has 0 aliphatic rings. The number of hydrogen-bond donors (Lipinski definition) is 1. The number of halogens is 1. The molecule has 0 unspecified atom stereocenters. The zero-order valence-electron chi connectivity index (χ0n) is 13.0. The molecule has 6 nitrogen and oxygen atoms in total. The molecule has 1 aromatic rings. The Balaban J connectivity index is 2.75. The standard InChI is InChI=1S/C15H21ClN2O4/c1-11-12(16)5-4-6-13(11)17-14(19)15(20)18(7-9-21-2)8-10-22-3/h4-6H,7-10H2,1-3H3,(H,17,19). The largest absolute Gasteiger partial charge is 0.383 e. The number of hydrogen-bond acceptors (Lipinski definition) is 4. The van der Waals surface area contributed by atoms with Crippen LogP contribution in [0.3, 0.4) is 0 Å². The minimum Gasteiger partial charge on any atom is -0.383 e. The van der Waals surface area contributed by atoms with Gasteiger partial charge in [-0.1, -0.05) is 17.7 Å². The average molecular weight is 329 g/mol. The molecule has 122 valence electrons. The summed E-state index contributed by atoms with van der Waals surface area (Å²) in [4.78, 5) is 25.7. The number of anilines is 1. The van der Waals surface area contributed by atoms with Crippen molar-refractivity contribution in [3.8, 4) is 0 Å². The molecular weight excluding hydrogens is 308 g/mol. The van der Waals surface area contributed by atoms with E-state index in [1.165, 1.54) is 19.1 Å². The van der Waals surface area contributed by atoms with E-state index in [9.17, 15) is 9.59 Å². The van der Waals surface area contributed by atoms with Crippen LogP contribution in [0.4, 0.5) is 5.69 Å². The van der Waals surface area contributed by atoms with Crippen molar-refractivity contribution in [1.82, 2.24) is 4.90 Å². The summed E-state index contributed by atoms with van der Waals surface area (Å²) in [6.07, 6.45) is 0. The molecule has 0 saturated carbocycles. The van der Waals surface area contributed by atoms with E-state index in [4.69, 9.17) is 21.1 Å². The van der Waals surface area contributed by atoms with Gasteiger partial charge in [-0.25, -0.2) is 0 Å². The highest BCUT2D eigenvalue weighted by Crippen LogP contribution is 2.22. The van der Waals surface area contributed by atoms with Crippen molar-refractivity contribution >= 4 is 29.1 Å². The molecule has 2 amide bonds. The topological polar surface area (TPSA) is 67.9 Å². The molecule has 0 spiro atoms. The smallest absolute Gasteiger partial charge is 0.313 e. The second kappa shape index (κ2) is 9.40. The fourth-order valence-corrected chi connectivity index (χ4v) is 1.95. The number of rotatable bonds is 7. The molecule has 1 N–H and O–H groups in total. The molecular formula is C15H21ClN2O4. The van der Waals surface area contributed by atoms with Crippen LogP contribution in [0.5, 0.6) is 0 Å². The van der Waals surface area contributed by atoms with E-state index in [0.29, 0.717) is 42.6 Å². The lowest BCUT2D eigenvalue weighted by Gasteiger charge is -2.21. The minimum absolute atomic E-state index is 0.320. The van der Waals surface area contributed by atoms with Gasteiger partial charge in [0.15, 0.2) is 0 Å². The number of nitrogens with one attached hydrogen (secondary N) is 1. The summed E-state index contributed by atoms with van der Waals surface area (Å²) in [5.41, 5.74) is 1.23. The molecule has 0 aromatic heterocycles. The number of ether oxygens (including phenoxy) is 2. The lowest BCUT2D eigenvalue weighted by Crippen LogP contribution is -2.43. The van der Waals surface area contributed by atoms with Crippen LogP contribution in [0.25, 0.3) is 0 Å². The number of carbonyl (C=O) groups is 2. The first-order chi connectivity index (χ1) is 10.5. The van der Waals surface area contributed by atoms with Gasteiger partial charge >= 0.3 is 11.8 Å². The predicted octanol–water partition coefficient (Wildman–Crippen LogP) is 1.71. The van der Waals surface area contributed by atoms with Crippen molar-refractivity contribution in [2.75, 3.05) is 45.8 Å². The molecule has 0 radical (unpaired) electrons. The lowest BCUT2D eigenvalue weighted by molar-refractivity contribution is -0.144. The maximum atomic E-state index is 12.2. The first-order valence-electron chi connectivity index (χ1n) is 6.84. The van der Waals surface area contributed by atoms with E-state index < -0.39 is 11.8 Å². The average Bonchev–Trinajstić information content (AvgIpc) is 2.51. The van der Waals surface area contributed by atoms with E-state index in [0.717, 1.165) is 0 Å². The van der Waals surface area contributed by atoms with Gasteiger partial charge in [0.25, 0.3) is 0 Å². The molecule has 1 rings (SSSR count). The summed E-state index contributed by atoms with van der Waals surface area (Å²) in [5.74, 6) is -1.34. The van der Waals surface area contributed by atoms with Gasteiger partial charge in [0.1, 0.15) is 0 Å². The molecule has 0 aliphatic carbocycles. The highest BCUT2D eigenvalue weighted by Gasteiger charge is 2.22. The number of carbonyl (C=O) groups excluding carboxylic acids is 2. The molecule has 0 bridgehead atoms. The van der Waals surface area contributed by atoms with E-state index >= 15 is 0 Å². The SMILES string of the molecule is COCCN(CCOC)C(=O)C(=O)Nc1cccc(Cl)c1C. The maximum absolute atomic E-state index is 12.2. The third-order valence-electron chi connectivity index (χ3n) is 3.13. The van der Waals surface area contributed by atoms with Gasteiger partial charge in [-0.15, -0.1) is 0 Å². The van der Waals surface area contributed by atoms with Crippen LogP contribution < -0.4 is 5.32 Å². The van der Waals surface area contributed by atoms with Crippen LogP contribution in [0.15, 0.2) is 18.2 Å². The Kier molecular flexibility index (Phi) is 7.87. The van der Waals surface area contributed by atoms with Crippen molar-refractivity contribution < 1.29 is 19.1 Å². The van der Waals surface area contributed by atoms with E-state index in [-0.39, 0.29) is 0 Å². The number of methoxy groups -OCH3 is 2. The number of benzene rings is 1. The second-order valence-corrected chi connectivity index (χ2v) is 5.05. The highest BCUT2D eigenvalue weighted by atomic mass is 35.5. The van der Waals surface area contributed by atoms with Crippen LogP contribution in [-0.4, -0.2) is 57.2 Å². The fraction of sp³-hybridized carbons (Fsp3) is 0.467. The van der Waals surface area contributed by atoms with Gasteiger partial charge in [0, 0.05) is 38.0 Å². The van der Waals surface area contributed by atoms with Gasteiger partial charge < -0.3 is 19.7 Å². The monoisotopic (exact) mass is 328 g/mol. The summed E-state index contributed by atoms with van der Waals surface area (Å²) in [5, 5.41) is 3.12. The van der Waals surface area contributed by atoms with Gasteiger partial charge in [0.2, 0.25) is 0 Å². The predicted molar refractivity (Wildman–Crippen MR) is 85.2 cm³/mol. The van der Waals surface area contributed by atoms with Gasteiger partial charge in [0.05, 0.1) is 13.2 Å². The van der Waals surface area contributed by atoms with Crippen molar-refractivity contribution in [2.24, 2.45) is 0 Å². The highest BCUT2D eigenvalue weighted by molar-refractivity contribution is 6.40. The fourth-order valence-electron chi connectivity index (χ4n) is 1.78. The number of amides is 2. The zero-order valence-corrected chi connectivity index (χ0v) is 13.8. The minimum atomic E-state index is -0.711. The van der Waals surface area contributed by atoms with Gasteiger partial charge in [-0.3, -0.25) is 9.59 Å². The summed E-state index contributed by atoms with van der Waals surface area (Å²) < 4.78 is 9.90. The second-order valence-electron chi connectivity index (χ2n) is 4.64. The number of nitrogens with zero attached hydrogens (tertiary/aromatic N) is 1. The van der Waals surface area contributed by atoms with Crippen molar-refractivity contribution in [3.05, 3.63) is 28.8 Å². The first kappa shape index (κ1) is 18.4. The van der Waals surface area contributed by atoms with Crippen LogP contribution >= 0.6 is 11.6 Å². The molecule has 0 saturated heterocycles. The Bertz CT molecular complexity index is 514. The van der Waals surface area contributed by atoms with Gasteiger partial charge in [-0.2, -0.15) is 0 Å². The Labute approximate surface area is 135 Å². The zero-order chi connectivity index (χ0) is 16.5. The Morgan fingerprint density at radius 2 is 1.77 bits per heavy atom. The third kappa shape index (κ3) is 5.29. The Morgan fingerprint density at radius 3 is 2.32 bits per heavy atom. The summed E-state index contributed by atoms with van der Waals surface area (Å²) in [7, 11) is 3.07. The quantitative estimate of drug-likeness (QED) is 0.774. The molecule has 0 heterocycles. The molecule has 0 fully saturated rings. The van der Waals surface area contributed by atoms with Gasteiger partial charge in [-0.05, 0) is 24.6 Å². The first-order valence-corrected chi connectivity index (χ1v) is 7.22. The molecule has 0 atom stereocenters. The van der Waals surface area contributed by atoms with Crippen LogP contribution in [-0.2, 0) is 19.1 Å². The normalized spacial score (nSPS) is 10.4. The summed E-state index contributed by atoms with van der Waals surface area (Å²) >= 11 is 6.00. The van der Waals surface area contributed by atoms with E-state index in [1.807, 2.05) is 0 Å². The third-order valence-corrected chi connectivity index (χ3v) is 3.54.